The maximum atomic E-state index is 12.9. The Kier molecular flexibility index (Phi) is 5.89. The van der Waals surface area contributed by atoms with Crippen LogP contribution in [0.25, 0.3) is 0 Å². The standard InChI is InChI=1S/C20H26BrN3O3/c1-3-14-8-10-20(11-9-14)18(26)24(19(27)23-20)12-17(25)22-13(2)15-6-4-5-7-16(15)21/h4-7,13-14H,3,8-12H2,1-2H3,(H,22,25)(H,23,27). The van der Waals surface area contributed by atoms with E-state index >= 15 is 0 Å². The third-order valence-electron chi connectivity index (χ3n) is 5.83. The van der Waals surface area contributed by atoms with Crippen molar-refractivity contribution in [2.45, 2.75) is 57.5 Å². The van der Waals surface area contributed by atoms with Gasteiger partial charge in [-0.15, -0.1) is 0 Å². The molecule has 1 aliphatic carbocycles. The lowest BCUT2D eigenvalue weighted by molar-refractivity contribution is -0.136. The molecular formula is C20H26BrN3O3. The van der Waals surface area contributed by atoms with Crippen molar-refractivity contribution >= 4 is 33.8 Å². The smallest absolute Gasteiger partial charge is 0.325 e. The second-order valence-corrected chi connectivity index (χ2v) is 8.42. The Morgan fingerprint density at radius 1 is 1.33 bits per heavy atom. The minimum atomic E-state index is -0.808. The Labute approximate surface area is 168 Å². The molecule has 7 heteroatoms. The number of hydrogen-bond acceptors (Lipinski definition) is 3. The predicted molar refractivity (Wildman–Crippen MR) is 106 cm³/mol. The third kappa shape index (κ3) is 4.03. The highest BCUT2D eigenvalue weighted by molar-refractivity contribution is 9.10. The maximum absolute atomic E-state index is 12.9. The van der Waals surface area contributed by atoms with E-state index in [1.807, 2.05) is 31.2 Å². The predicted octanol–water partition coefficient (Wildman–Crippen LogP) is 3.52. The van der Waals surface area contributed by atoms with Crippen molar-refractivity contribution in [2.24, 2.45) is 5.92 Å². The first-order chi connectivity index (χ1) is 12.9. The van der Waals surface area contributed by atoms with Gasteiger partial charge in [0.1, 0.15) is 12.1 Å². The van der Waals surface area contributed by atoms with Crippen LogP contribution in [0.2, 0.25) is 0 Å². The lowest BCUT2D eigenvalue weighted by Crippen LogP contribution is -2.50. The van der Waals surface area contributed by atoms with Crippen molar-refractivity contribution in [1.82, 2.24) is 15.5 Å². The number of urea groups is 1. The number of benzene rings is 1. The molecular weight excluding hydrogens is 410 g/mol. The van der Waals surface area contributed by atoms with E-state index in [1.54, 1.807) is 0 Å². The second kappa shape index (κ2) is 8.00. The Morgan fingerprint density at radius 3 is 2.63 bits per heavy atom. The van der Waals surface area contributed by atoms with Gasteiger partial charge < -0.3 is 10.6 Å². The van der Waals surface area contributed by atoms with Crippen LogP contribution in [-0.4, -0.2) is 34.8 Å². The van der Waals surface area contributed by atoms with Crippen molar-refractivity contribution in [3.05, 3.63) is 34.3 Å². The van der Waals surface area contributed by atoms with Crippen molar-refractivity contribution in [3.63, 3.8) is 0 Å². The van der Waals surface area contributed by atoms with Crippen LogP contribution in [-0.2, 0) is 9.59 Å². The molecule has 1 aromatic rings. The minimum absolute atomic E-state index is 0.234. The molecule has 1 saturated carbocycles. The molecule has 2 aliphatic rings. The van der Waals surface area contributed by atoms with E-state index in [1.165, 1.54) is 0 Å². The van der Waals surface area contributed by atoms with Crippen LogP contribution >= 0.6 is 15.9 Å². The maximum Gasteiger partial charge on any atom is 0.325 e. The van der Waals surface area contributed by atoms with Gasteiger partial charge in [-0.05, 0) is 50.2 Å². The summed E-state index contributed by atoms with van der Waals surface area (Å²) >= 11 is 3.47. The monoisotopic (exact) mass is 435 g/mol. The third-order valence-corrected chi connectivity index (χ3v) is 6.56. The van der Waals surface area contributed by atoms with Gasteiger partial charge in [0.25, 0.3) is 5.91 Å². The lowest BCUT2D eigenvalue weighted by Gasteiger charge is -2.34. The highest BCUT2D eigenvalue weighted by atomic mass is 79.9. The largest absolute Gasteiger partial charge is 0.348 e. The number of carbonyl (C=O) groups is 3. The summed E-state index contributed by atoms with van der Waals surface area (Å²) in [6, 6.07) is 6.94. The average Bonchev–Trinajstić information content (AvgIpc) is 2.87. The zero-order valence-corrected chi connectivity index (χ0v) is 17.3. The molecule has 1 spiro atoms. The Hall–Kier alpha value is -1.89. The summed E-state index contributed by atoms with van der Waals surface area (Å²) in [7, 11) is 0. The number of nitrogens with zero attached hydrogens (tertiary/aromatic N) is 1. The van der Waals surface area contributed by atoms with E-state index in [4.69, 9.17) is 0 Å². The summed E-state index contributed by atoms with van der Waals surface area (Å²) in [5.74, 6) is 0.00893. The van der Waals surface area contributed by atoms with Crippen molar-refractivity contribution < 1.29 is 14.4 Å². The topological polar surface area (TPSA) is 78.5 Å². The Balaban J connectivity index is 1.62. The molecule has 1 heterocycles. The number of halogens is 1. The van der Waals surface area contributed by atoms with Gasteiger partial charge >= 0.3 is 6.03 Å². The first-order valence-electron chi connectivity index (χ1n) is 9.54. The normalized spacial score (nSPS) is 26.2. The van der Waals surface area contributed by atoms with Crippen LogP contribution in [0.1, 0.15) is 57.6 Å². The summed E-state index contributed by atoms with van der Waals surface area (Å²) in [5, 5.41) is 5.73. The molecule has 1 unspecified atom stereocenters. The summed E-state index contributed by atoms with van der Waals surface area (Å²) in [5.41, 5.74) is 0.134. The number of carbonyl (C=O) groups excluding carboxylic acids is 3. The lowest BCUT2D eigenvalue weighted by atomic mass is 9.75. The molecule has 0 radical (unpaired) electrons. The van der Waals surface area contributed by atoms with Gasteiger partial charge in [0.2, 0.25) is 5.91 Å². The van der Waals surface area contributed by atoms with E-state index in [2.05, 4.69) is 33.5 Å². The van der Waals surface area contributed by atoms with Crippen molar-refractivity contribution in [1.29, 1.82) is 0 Å². The van der Waals surface area contributed by atoms with Crippen LogP contribution in [0.4, 0.5) is 4.79 Å². The van der Waals surface area contributed by atoms with Gasteiger partial charge in [0.15, 0.2) is 0 Å². The summed E-state index contributed by atoms with van der Waals surface area (Å²) in [6.45, 7) is 3.77. The number of rotatable bonds is 5. The number of amides is 4. The fraction of sp³-hybridized carbons (Fsp3) is 0.550. The van der Waals surface area contributed by atoms with Crippen molar-refractivity contribution in [2.75, 3.05) is 6.54 Å². The molecule has 27 heavy (non-hydrogen) atoms. The van der Waals surface area contributed by atoms with E-state index in [0.29, 0.717) is 18.8 Å². The van der Waals surface area contributed by atoms with Gasteiger partial charge in [0.05, 0.1) is 6.04 Å². The van der Waals surface area contributed by atoms with Crippen LogP contribution in [0.5, 0.6) is 0 Å². The van der Waals surface area contributed by atoms with Crippen LogP contribution < -0.4 is 10.6 Å². The summed E-state index contributed by atoms with van der Waals surface area (Å²) in [6.07, 6.45) is 4.27. The zero-order chi connectivity index (χ0) is 19.6. The molecule has 2 N–H and O–H groups in total. The fourth-order valence-electron chi connectivity index (χ4n) is 4.07. The van der Waals surface area contributed by atoms with Crippen LogP contribution in [0.3, 0.4) is 0 Å². The molecule has 6 nitrogen and oxygen atoms in total. The molecule has 1 atom stereocenters. The molecule has 0 bridgehead atoms. The molecule has 146 valence electrons. The van der Waals surface area contributed by atoms with Crippen molar-refractivity contribution in [3.8, 4) is 0 Å². The minimum Gasteiger partial charge on any atom is -0.348 e. The first-order valence-corrected chi connectivity index (χ1v) is 10.3. The highest BCUT2D eigenvalue weighted by Gasteiger charge is 2.52. The summed E-state index contributed by atoms with van der Waals surface area (Å²) < 4.78 is 0.902. The van der Waals surface area contributed by atoms with Gasteiger partial charge in [-0.3, -0.25) is 14.5 Å². The second-order valence-electron chi connectivity index (χ2n) is 7.57. The van der Waals surface area contributed by atoms with E-state index in [-0.39, 0.29) is 24.4 Å². The molecule has 1 aliphatic heterocycles. The van der Waals surface area contributed by atoms with Crippen LogP contribution in [0.15, 0.2) is 28.7 Å². The molecule has 4 amide bonds. The van der Waals surface area contributed by atoms with Gasteiger partial charge in [-0.2, -0.15) is 0 Å². The van der Waals surface area contributed by atoms with E-state index < -0.39 is 11.6 Å². The average molecular weight is 436 g/mol. The first kappa shape index (κ1) is 19.9. The Morgan fingerprint density at radius 2 is 2.00 bits per heavy atom. The molecule has 3 rings (SSSR count). The number of hydrogen-bond donors (Lipinski definition) is 2. The number of imide groups is 1. The SMILES string of the molecule is CCC1CCC2(CC1)NC(=O)N(CC(=O)NC(C)c1ccccc1Br)C2=O. The van der Waals surface area contributed by atoms with Gasteiger partial charge in [0, 0.05) is 4.47 Å². The van der Waals surface area contributed by atoms with Crippen LogP contribution in [0, 0.1) is 5.92 Å². The molecule has 1 aromatic carbocycles. The molecule has 1 saturated heterocycles. The molecule has 2 fully saturated rings. The fourth-order valence-corrected chi connectivity index (χ4v) is 4.70. The van der Waals surface area contributed by atoms with E-state index in [0.717, 1.165) is 34.2 Å². The molecule has 0 aromatic heterocycles. The van der Waals surface area contributed by atoms with E-state index in [9.17, 15) is 14.4 Å². The van der Waals surface area contributed by atoms with Gasteiger partial charge in [-0.25, -0.2) is 4.79 Å². The quantitative estimate of drug-likeness (QED) is 0.694. The summed E-state index contributed by atoms with van der Waals surface area (Å²) in [4.78, 5) is 38.8. The highest BCUT2D eigenvalue weighted by Crippen LogP contribution is 2.37. The Bertz CT molecular complexity index is 744. The number of nitrogens with one attached hydrogen (secondary N) is 2. The zero-order valence-electron chi connectivity index (χ0n) is 15.8. The van der Waals surface area contributed by atoms with Gasteiger partial charge in [-0.1, -0.05) is 47.5 Å².